The summed E-state index contributed by atoms with van der Waals surface area (Å²) in [5.41, 5.74) is 0.0714. The van der Waals surface area contributed by atoms with E-state index in [9.17, 15) is 18.5 Å². The van der Waals surface area contributed by atoms with Crippen LogP contribution < -0.4 is 5.32 Å². The Morgan fingerprint density at radius 2 is 2.15 bits per heavy atom. The largest absolute Gasteiger partial charge is 0.314 e. The molecule has 1 saturated heterocycles. The van der Waals surface area contributed by atoms with Gasteiger partial charge in [0, 0.05) is 37.3 Å². The van der Waals surface area contributed by atoms with Crippen molar-refractivity contribution in [1.29, 1.82) is 0 Å². The van der Waals surface area contributed by atoms with E-state index in [1.54, 1.807) is 6.07 Å². The van der Waals surface area contributed by atoms with Gasteiger partial charge in [0.1, 0.15) is 0 Å². The van der Waals surface area contributed by atoms with Gasteiger partial charge in [-0.25, -0.2) is 8.42 Å². The fraction of sp³-hybridized carbons (Fsp3) is 0.500. The molecule has 8 heteroatoms. The Labute approximate surface area is 117 Å². The molecule has 1 aliphatic rings. The molecule has 0 saturated carbocycles. The predicted octanol–water partition coefficient (Wildman–Crippen LogP) is 0.718. The lowest BCUT2D eigenvalue weighted by molar-refractivity contribution is -0.385. The van der Waals surface area contributed by atoms with E-state index in [-0.39, 0.29) is 23.0 Å². The van der Waals surface area contributed by atoms with Gasteiger partial charge in [-0.05, 0) is 6.92 Å². The fourth-order valence-corrected chi connectivity index (χ4v) is 4.12. The first kappa shape index (κ1) is 14.9. The summed E-state index contributed by atoms with van der Waals surface area (Å²) in [6, 6.07) is 5.81. The first-order valence-electron chi connectivity index (χ1n) is 6.34. The number of piperazine rings is 1. The van der Waals surface area contributed by atoms with Crippen LogP contribution in [-0.4, -0.2) is 43.3 Å². The molecule has 2 rings (SSSR count). The van der Waals surface area contributed by atoms with Crippen LogP contribution >= 0.6 is 0 Å². The molecule has 1 aliphatic heterocycles. The number of nitrogens with zero attached hydrogens (tertiary/aromatic N) is 2. The summed E-state index contributed by atoms with van der Waals surface area (Å²) in [4.78, 5) is 10.4. The number of benzene rings is 1. The van der Waals surface area contributed by atoms with E-state index in [0.717, 1.165) is 0 Å². The maximum absolute atomic E-state index is 12.4. The molecule has 7 nitrogen and oxygen atoms in total. The van der Waals surface area contributed by atoms with Crippen LogP contribution in [-0.2, 0) is 15.8 Å². The lowest BCUT2D eigenvalue weighted by Gasteiger charge is -2.32. The first-order chi connectivity index (χ1) is 9.42. The minimum Gasteiger partial charge on any atom is -0.314 e. The average Bonchev–Trinajstić information content (AvgIpc) is 2.39. The van der Waals surface area contributed by atoms with E-state index in [1.807, 2.05) is 6.92 Å². The van der Waals surface area contributed by atoms with Gasteiger partial charge in [0.05, 0.1) is 10.7 Å². The summed E-state index contributed by atoms with van der Waals surface area (Å²) in [6.45, 7) is 3.41. The zero-order chi connectivity index (χ0) is 14.8. The molecule has 1 aromatic rings. The third-order valence-corrected chi connectivity index (χ3v) is 5.26. The molecule has 0 amide bonds. The van der Waals surface area contributed by atoms with Gasteiger partial charge in [0.25, 0.3) is 5.69 Å². The summed E-state index contributed by atoms with van der Waals surface area (Å²) in [5, 5.41) is 14.1. The van der Waals surface area contributed by atoms with Gasteiger partial charge in [0.15, 0.2) is 0 Å². The highest BCUT2D eigenvalue weighted by Crippen LogP contribution is 2.22. The van der Waals surface area contributed by atoms with Gasteiger partial charge in [-0.1, -0.05) is 18.2 Å². The van der Waals surface area contributed by atoms with Crippen molar-refractivity contribution in [1.82, 2.24) is 9.62 Å². The number of sulfonamides is 1. The molecular formula is C12H17N3O4S. The molecule has 1 heterocycles. The molecule has 0 aliphatic carbocycles. The number of para-hydroxylation sites is 1. The normalized spacial score (nSPS) is 20.8. The molecule has 0 aromatic heterocycles. The highest BCUT2D eigenvalue weighted by atomic mass is 32.2. The van der Waals surface area contributed by atoms with E-state index in [0.29, 0.717) is 19.6 Å². The van der Waals surface area contributed by atoms with Gasteiger partial charge in [-0.2, -0.15) is 4.31 Å². The van der Waals surface area contributed by atoms with Crippen molar-refractivity contribution in [2.75, 3.05) is 19.6 Å². The Balaban J connectivity index is 2.26. The van der Waals surface area contributed by atoms with Gasteiger partial charge in [-0.3, -0.25) is 10.1 Å². The smallest absolute Gasteiger partial charge is 0.273 e. The summed E-state index contributed by atoms with van der Waals surface area (Å²) in [6.07, 6.45) is 0. The number of nitrogens with one attached hydrogen (secondary N) is 1. The topological polar surface area (TPSA) is 92.6 Å². The molecule has 1 N–H and O–H groups in total. The minimum absolute atomic E-state index is 0.142. The zero-order valence-electron chi connectivity index (χ0n) is 11.2. The second kappa shape index (κ2) is 5.86. The minimum atomic E-state index is -3.55. The zero-order valence-corrected chi connectivity index (χ0v) is 12.0. The van der Waals surface area contributed by atoms with Crippen molar-refractivity contribution in [3.63, 3.8) is 0 Å². The van der Waals surface area contributed by atoms with Crippen molar-refractivity contribution in [2.24, 2.45) is 0 Å². The Morgan fingerprint density at radius 3 is 2.80 bits per heavy atom. The molecule has 1 atom stereocenters. The summed E-state index contributed by atoms with van der Waals surface area (Å²) in [7, 11) is -3.55. The Bertz CT molecular complexity index is 602. The van der Waals surface area contributed by atoms with E-state index in [4.69, 9.17) is 0 Å². The Morgan fingerprint density at radius 1 is 1.45 bits per heavy atom. The van der Waals surface area contributed by atoms with Crippen LogP contribution in [0.25, 0.3) is 0 Å². The highest BCUT2D eigenvalue weighted by molar-refractivity contribution is 7.88. The van der Waals surface area contributed by atoms with E-state index < -0.39 is 14.9 Å². The average molecular weight is 299 g/mol. The Hall–Kier alpha value is -1.51. The van der Waals surface area contributed by atoms with Crippen molar-refractivity contribution in [2.45, 2.75) is 18.7 Å². The number of nitro groups is 1. The van der Waals surface area contributed by atoms with Crippen molar-refractivity contribution in [3.05, 3.63) is 39.9 Å². The molecule has 1 aromatic carbocycles. The van der Waals surface area contributed by atoms with Gasteiger partial charge < -0.3 is 5.32 Å². The molecule has 0 radical (unpaired) electrons. The van der Waals surface area contributed by atoms with E-state index in [1.165, 1.54) is 22.5 Å². The van der Waals surface area contributed by atoms with Crippen LogP contribution in [0.1, 0.15) is 12.5 Å². The summed E-state index contributed by atoms with van der Waals surface area (Å²) in [5.74, 6) is -0.339. The van der Waals surface area contributed by atoms with Crippen LogP contribution in [0.4, 0.5) is 5.69 Å². The third-order valence-electron chi connectivity index (χ3n) is 3.32. The predicted molar refractivity (Wildman–Crippen MR) is 74.8 cm³/mol. The first-order valence-corrected chi connectivity index (χ1v) is 7.95. The maximum Gasteiger partial charge on any atom is 0.273 e. The van der Waals surface area contributed by atoms with E-state index >= 15 is 0 Å². The fourth-order valence-electron chi connectivity index (χ4n) is 2.33. The van der Waals surface area contributed by atoms with Crippen LogP contribution in [0.15, 0.2) is 24.3 Å². The summed E-state index contributed by atoms with van der Waals surface area (Å²) >= 11 is 0. The van der Waals surface area contributed by atoms with E-state index in [2.05, 4.69) is 5.32 Å². The highest BCUT2D eigenvalue weighted by Gasteiger charge is 2.31. The number of hydrogen-bond acceptors (Lipinski definition) is 5. The van der Waals surface area contributed by atoms with Gasteiger partial charge in [0.2, 0.25) is 10.0 Å². The van der Waals surface area contributed by atoms with Crippen LogP contribution in [0.2, 0.25) is 0 Å². The molecule has 0 bridgehead atoms. The van der Waals surface area contributed by atoms with Crippen molar-refractivity contribution in [3.8, 4) is 0 Å². The van der Waals surface area contributed by atoms with Gasteiger partial charge in [-0.15, -0.1) is 0 Å². The molecule has 20 heavy (non-hydrogen) atoms. The molecule has 1 fully saturated rings. The second-order valence-corrected chi connectivity index (χ2v) is 6.73. The molecule has 110 valence electrons. The van der Waals surface area contributed by atoms with Crippen LogP contribution in [0, 0.1) is 10.1 Å². The quantitative estimate of drug-likeness (QED) is 0.653. The maximum atomic E-state index is 12.4. The number of rotatable bonds is 4. The third kappa shape index (κ3) is 3.14. The van der Waals surface area contributed by atoms with Crippen LogP contribution in [0.3, 0.4) is 0 Å². The number of nitro benzene ring substituents is 1. The second-order valence-electron chi connectivity index (χ2n) is 4.81. The monoisotopic (exact) mass is 299 g/mol. The Kier molecular flexibility index (Phi) is 4.36. The number of hydrogen-bond donors (Lipinski definition) is 1. The molecular weight excluding hydrogens is 282 g/mol. The van der Waals surface area contributed by atoms with Crippen molar-refractivity contribution >= 4 is 15.7 Å². The van der Waals surface area contributed by atoms with Crippen LogP contribution in [0.5, 0.6) is 0 Å². The van der Waals surface area contributed by atoms with Crippen molar-refractivity contribution < 1.29 is 13.3 Å². The molecule has 0 spiro atoms. The molecule has 0 unspecified atom stereocenters. The lowest BCUT2D eigenvalue weighted by atomic mass is 10.2. The SMILES string of the molecule is C[C@H]1CNCCN1S(=O)(=O)Cc1ccccc1[N+](=O)[O-]. The standard InChI is InChI=1S/C12H17N3O4S/c1-10-8-13-6-7-14(10)20(18,19)9-11-4-2-3-5-12(11)15(16)17/h2-5,10,13H,6-9H2,1H3/t10-/m0/s1. The van der Waals surface area contributed by atoms with Gasteiger partial charge >= 0.3 is 0 Å². The summed E-state index contributed by atoms with van der Waals surface area (Å²) < 4.78 is 26.2. The lowest BCUT2D eigenvalue weighted by Crippen LogP contribution is -2.52.